The maximum absolute atomic E-state index is 5.60. The molecule has 0 saturated heterocycles. The normalized spacial score (nSPS) is 10.7. The predicted molar refractivity (Wildman–Crippen MR) is 190 cm³/mol. The van der Waals surface area contributed by atoms with Gasteiger partial charge in [-0.3, -0.25) is 0 Å². The summed E-state index contributed by atoms with van der Waals surface area (Å²) in [7, 11) is 1.65. The number of aromatic nitrogens is 6. The zero-order chi connectivity index (χ0) is 32.6. The van der Waals surface area contributed by atoms with Gasteiger partial charge >= 0.3 is 0 Å². The standard InChI is InChI=1S/C15H16N4S.C13H14N4OS.C3H9N.C2H6/c1-11-4-2-3-5-12(11)6-7-14-17-15-19(18-14)13(8-9-16)10-20-15;1-18-11-4-2-3-9(7-11)12-15-13-17(16-12)10(5-6-14)8-19-13;1-2-3-4;1-2/h2-7,10H,8-9,16H2,1H3;2-4,7-8H,5-6,14H2,1H3;2-4H2,1H3;1-2H3/b7-6+;;;. The Bertz CT molecular complexity index is 1750. The molecule has 240 valence electrons. The Balaban J connectivity index is 0.000000210. The van der Waals surface area contributed by atoms with Gasteiger partial charge in [-0.15, -0.1) is 32.9 Å². The van der Waals surface area contributed by atoms with E-state index in [4.69, 9.17) is 21.9 Å². The third-order valence-corrected chi connectivity index (χ3v) is 8.06. The molecule has 2 aromatic carbocycles. The minimum atomic E-state index is 0.611. The van der Waals surface area contributed by atoms with Crippen LogP contribution in [0.25, 0.3) is 33.5 Å². The first-order valence-corrected chi connectivity index (χ1v) is 16.9. The van der Waals surface area contributed by atoms with Crippen LogP contribution in [0.4, 0.5) is 0 Å². The van der Waals surface area contributed by atoms with E-state index >= 15 is 0 Å². The van der Waals surface area contributed by atoms with Crippen LogP contribution in [0, 0.1) is 6.92 Å². The van der Waals surface area contributed by atoms with Crippen LogP contribution in [0.15, 0.2) is 59.3 Å². The lowest BCUT2D eigenvalue weighted by atomic mass is 10.1. The number of benzene rings is 2. The average molecular weight is 648 g/mol. The average Bonchev–Trinajstić information content (AvgIpc) is 3.86. The summed E-state index contributed by atoms with van der Waals surface area (Å²) in [4.78, 5) is 10.8. The van der Waals surface area contributed by atoms with Crippen molar-refractivity contribution >= 4 is 44.7 Å². The van der Waals surface area contributed by atoms with E-state index < -0.39 is 0 Å². The fourth-order valence-electron chi connectivity index (χ4n) is 4.00. The number of nitrogens with zero attached hydrogens (tertiary/aromatic N) is 6. The maximum Gasteiger partial charge on any atom is 0.212 e. The molecule has 12 heteroatoms. The topological polar surface area (TPSA) is 148 Å². The van der Waals surface area contributed by atoms with Gasteiger partial charge in [-0.25, -0.2) is 9.03 Å². The van der Waals surface area contributed by atoms with E-state index in [0.717, 1.165) is 64.3 Å². The fourth-order valence-corrected chi connectivity index (χ4v) is 5.72. The van der Waals surface area contributed by atoms with Crippen LogP contribution in [0.3, 0.4) is 0 Å². The molecule has 0 amide bonds. The van der Waals surface area contributed by atoms with Gasteiger partial charge in [-0.05, 0) is 62.3 Å². The second-order valence-electron chi connectivity index (χ2n) is 9.54. The molecule has 0 unspecified atom stereocenters. The second kappa shape index (κ2) is 18.8. The molecule has 6 N–H and O–H groups in total. The van der Waals surface area contributed by atoms with Crippen molar-refractivity contribution in [1.82, 2.24) is 29.2 Å². The lowest BCUT2D eigenvalue weighted by molar-refractivity contribution is 0.415. The van der Waals surface area contributed by atoms with Crippen LogP contribution in [0.5, 0.6) is 5.75 Å². The third-order valence-electron chi connectivity index (χ3n) is 6.33. The smallest absolute Gasteiger partial charge is 0.212 e. The monoisotopic (exact) mass is 647 g/mol. The third kappa shape index (κ3) is 9.77. The van der Waals surface area contributed by atoms with E-state index in [1.807, 2.05) is 65.4 Å². The molecule has 0 atom stereocenters. The summed E-state index contributed by atoms with van der Waals surface area (Å²) in [5, 5.41) is 13.2. The summed E-state index contributed by atoms with van der Waals surface area (Å²) in [6.45, 7) is 10.2. The lowest BCUT2D eigenvalue weighted by Gasteiger charge is -2.00. The molecule has 0 radical (unpaired) electrons. The van der Waals surface area contributed by atoms with E-state index in [0.29, 0.717) is 18.9 Å². The second-order valence-corrected chi connectivity index (χ2v) is 11.2. The van der Waals surface area contributed by atoms with Crippen LogP contribution >= 0.6 is 22.7 Å². The highest BCUT2D eigenvalue weighted by Gasteiger charge is 2.11. The van der Waals surface area contributed by atoms with E-state index in [2.05, 4.69) is 63.0 Å². The number of hydrogen-bond acceptors (Lipinski definition) is 10. The van der Waals surface area contributed by atoms with E-state index in [1.165, 1.54) is 11.1 Å². The molecule has 0 aliphatic heterocycles. The minimum absolute atomic E-state index is 0.611. The van der Waals surface area contributed by atoms with E-state index in [9.17, 15) is 0 Å². The Morgan fingerprint density at radius 2 is 1.42 bits per heavy atom. The van der Waals surface area contributed by atoms with Gasteiger partial charge in [-0.2, -0.15) is 9.97 Å². The first-order chi connectivity index (χ1) is 22.0. The largest absolute Gasteiger partial charge is 0.497 e. The van der Waals surface area contributed by atoms with Crippen molar-refractivity contribution < 1.29 is 4.74 Å². The number of methoxy groups -OCH3 is 1. The summed E-state index contributed by atoms with van der Waals surface area (Å²) >= 11 is 3.18. The molecular formula is C33H45N9OS2. The molecule has 0 saturated carbocycles. The lowest BCUT2D eigenvalue weighted by Crippen LogP contribution is -2.05. The Hall–Kier alpha value is -3.94. The van der Waals surface area contributed by atoms with Crippen LogP contribution < -0.4 is 21.9 Å². The van der Waals surface area contributed by atoms with Crippen molar-refractivity contribution in [3.8, 4) is 17.1 Å². The SMILES string of the molecule is CC.CCCN.COc1cccc(-c2nc3scc(CCN)n3n2)c1.Cc1ccccc1/C=C/c1nc2scc(CCN)n2n1. The van der Waals surface area contributed by atoms with Gasteiger partial charge in [0.2, 0.25) is 9.92 Å². The summed E-state index contributed by atoms with van der Waals surface area (Å²) in [6.07, 6.45) is 6.73. The molecule has 0 bridgehead atoms. The van der Waals surface area contributed by atoms with Crippen molar-refractivity contribution in [2.24, 2.45) is 17.2 Å². The highest BCUT2D eigenvalue weighted by Crippen LogP contribution is 2.24. The first-order valence-electron chi connectivity index (χ1n) is 15.2. The van der Waals surface area contributed by atoms with Gasteiger partial charge in [-0.1, -0.05) is 63.2 Å². The number of nitrogens with two attached hydrogens (primary N) is 3. The number of aryl methyl sites for hydroxylation is 1. The quantitative estimate of drug-likeness (QED) is 0.170. The molecule has 45 heavy (non-hydrogen) atoms. The van der Waals surface area contributed by atoms with Crippen LogP contribution in [-0.2, 0) is 12.8 Å². The summed E-state index contributed by atoms with van der Waals surface area (Å²) in [5.41, 5.74) is 21.8. The Kier molecular flexibility index (Phi) is 14.8. The molecule has 6 rings (SSSR count). The van der Waals surface area contributed by atoms with Crippen LogP contribution in [0.1, 0.15) is 55.5 Å². The van der Waals surface area contributed by atoms with Crippen LogP contribution in [0.2, 0.25) is 0 Å². The highest BCUT2D eigenvalue weighted by molar-refractivity contribution is 7.15. The van der Waals surface area contributed by atoms with Gasteiger partial charge in [0.15, 0.2) is 11.6 Å². The summed E-state index contributed by atoms with van der Waals surface area (Å²) in [6, 6.07) is 16.0. The van der Waals surface area contributed by atoms with Gasteiger partial charge in [0.05, 0.1) is 18.5 Å². The zero-order valence-corrected chi connectivity index (χ0v) is 28.4. The molecular weight excluding hydrogens is 603 g/mol. The van der Waals surface area contributed by atoms with Crippen molar-refractivity contribution in [2.75, 3.05) is 26.7 Å². The van der Waals surface area contributed by atoms with Crippen molar-refractivity contribution in [3.63, 3.8) is 0 Å². The minimum Gasteiger partial charge on any atom is -0.497 e. The van der Waals surface area contributed by atoms with Gasteiger partial charge in [0.25, 0.3) is 0 Å². The Morgan fingerprint density at radius 1 is 0.800 bits per heavy atom. The Labute approximate surface area is 273 Å². The van der Waals surface area contributed by atoms with Crippen molar-refractivity contribution in [2.45, 2.75) is 47.0 Å². The van der Waals surface area contributed by atoms with Crippen molar-refractivity contribution in [3.05, 3.63) is 87.6 Å². The summed E-state index contributed by atoms with van der Waals surface area (Å²) < 4.78 is 8.97. The molecule has 0 aliphatic carbocycles. The molecule has 0 fully saturated rings. The molecule has 4 heterocycles. The zero-order valence-electron chi connectivity index (χ0n) is 26.8. The maximum atomic E-state index is 5.60. The number of thiazole rings is 2. The number of ether oxygens (including phenoxy) is 1. The van der Waals surface area contributed by atoms with E-state index in [-0.39, 0.29) is 0 Å². The fraction of sp³-hybridized carbons (Fsp3) is 0.333. The molecule has 10 nitrogen and oxygen atoms in total. The molecule has 4 aromatic heterocycles. The van der Waals surface area contributed by atoms with Gasteiger partial charge in [0.1, 0.15) is 5.75 Å². The molecule has 0 aliphatic rings. The first kappa shape index (κ1) is 35.5. The number of fused-ring (bicyclic) bond motifs is 2. The van der Waals surface area contributed by atoms with Gasteiger partial charge < -0.3 is 21.9 Å². The van der Waals surface area contributed by atoms with Crippen molar-refractivity contribution in [1.29, 1.82) is 0 Å². The summed E-state index contributed by atoms with van der Waals surface area (Å²) in [5.74, 6) is 2.25. The Morgan fingerprint density at radius 3 is 2.02 bits per heavy atom. The van der Waals surface area contributed by atoms with E-state index in [1.54, 1.807) is 29.8 Å². The highest BCUT2D eigenvalue weighted by atomic mass is 32.1. The molecule has 0 spiro atoms. The van der Waals surface area contributed by atoms with Crippen LogP contribution in [-0.4, -0.2) is 55.9 Å². The predicted octanol–water partition coefficient (Wildman–Crippen LogP) is 6.12. The number of hydrogen-bond donors (Lipinski definition) is 3. The number of rotatable bonds is 9. The van der Waals surface area contributed by atoms with Gasteiger partial charge in [0, 0.05) is 29.2 Å². The molecule has 6 aromatic rings.